The van der Waals surface area contributed by atoms with E-state index in [4.69, 9.17) is 9.47 Å². The molecule has 3 aliphatic rings. The lowest BCUT2D eigenvalue weighted by molar-refractivity contribution is -0.142. The fraction of sp³-hybridized carbons (Fsp3) is 0.722. The van der Waals surface area contributed by atoms with Crippen LogP contribution in [-0.4, -0.2) is 77.0 Å². The van der Waals surface area contributed by atoms with Gasteiger partial charge in [-0.1, -0.05) is 0 Å². The first-order chi connectivity index (χ1) is 12.7. The molecule has 1 aromatic heterocycles. The number of esters is 1. The second-order valence-electron chi connectivity index (χ2n) is 7.26. The summed E-state index contributed by atoms with van der Waals surface area (Å²) in [5.41, 5.74) is 1.43. The van der Waals surface area contributed by atoms with Gasteiger partial charge in [0.25, 0.3) is 5.91 Å². The number of hydrogen-bond donors (Lipinski definition) is 0. The SMILES string of the molecule is COC(=O)c1cc2n(n1)CCN(C1CCN(C(=O)[C@H]3CCCO3)CC1)C2. The highest BCUT2D eigenvalue weighted by molar-refractivity contribution is 5.87. The average Bonchev–Trinajstić information content (AvgIpc) is 3.36. The van der Waals surface area contributed by atoms with Crippen molar-refractivity contribution in [2.24, 2.45) is 0 Å². The molecule has 0 spiro atoms. The Labute approximate surface area is 153 Å². The van der Waals surface area contributed by atoms with E-state index >= 15 is 0 Å². The lowest BCUT2D eigenvalue weighted by Gasteiger charge is -2.40. The summed E-state index contributed by atoms with van der Waals surface area (Å²) < 4.78 is 12.2. The van der Waals surface area contributed by atoms with Crippen molar-refractivity contribution in [3.8, 4) is 0 Å². The van der Waals surface area contributed by atoms with Crippen molar-refractivity contribution in [1.82, 2.24) is 19.6 Å². The van der Waals surface area contributed by atoms with E-state index in [-0.39, 0.29) is 18.0 Å². The minimum Gasteiger partial charge on any atom is -0.464 e. The number of piperidine rings is 1. The summed E-state index contributed by atoms with van der Waals surface area (Å²) >= 11 is 0. The molecule has 2 fully saturated rings. The van der Waals surface area contributed by atoms with Gasteiger partial charge in [-0.2, -0.15) is 5.10 Å². The maximum atomic E-state index is 12.5. The number of aromatic nitrogens is 2. The molecule has 0 aromatic carbocycles. The van der Waals surface area contributed by atoms with Crippen molar-refractivity contribution in [2.75, 3.05) is 33.4 Å². The molecule has 0 unspecified atom stereocenters. The number of carbonyl (C=O) groups is 2. The molecule has 142 valence electrons. The normalized spacial score (nSPS) is 24.5. The quantitative estimate of drug-likeness (QED) is 0.735. The maximum Gasteiger partial charge on any atom is 0.358 e. The van der Waals surface area contributed by atoms with Crippen LogP contribution < -0.4 is 0 Å². The summed E-state index contributed by atoms with van der Waals surface area (Å²) in [4.78, 5) is 28.6. The van der Waals surface area contributed by atoms with Gasteiger partial charge < -0.3 is 14.4 Å². The maximum absolute atomic E-state index is 12.5. The highest BCUT2D eigenvalue weighted by atomic mass is 16.5. The van der Waals surface area contributed by atoms with Gasteiger partial charge in [-0.15, -0.1) is 0 Å². The van der Waals surface area contributed by atoms with E-state index in [0.29, 0.717) is 18.3 Å². The Hall–Kier alpha value is -1.93. The lowest BCUT2D eigenvalue weighted by Crippen LogP contribution is -2.50. The summed E-state index contributed by atoms with van der Waals surface area (Å²) in [7, 11) is 1.37. The van der Waals surface area contributed by atoms with Crippen LogP contribution in [0.5, 0.6) is 0 Å². The Kier molecular flexibility index (Phi) is 4.95. The molecule has 3 aliphatic heterocycles. The van der Waals surface area contributed by atoms with Gasteiger partial charge in [-0.05, 0) is 31.7 Å². The van der Waals surface area contributed by atoms with Crippen molar-refractivity contribution in [2.45, 2.75) is 50.9 Å². The summed E-state index contributed by atoms with van der Waals surface area (Å²) in [5.74, 6) is -0.222. The molecule has 0 aliphatic carbocycles. The largest absolute Gasteiger partial charge is 0.464 e. The van der Waals surface area contributed by atoms with Gasteiger partial charge in [0.15, 0.2) is 5.69 Å². The minimum atomic E-state index is -0.389. The average molecular weight is 362 g/mol. The van der Waals surface area contributed by atoms with Crippen molar-refractivity contribution in [1.29, 1.82) is 0 Å². The highest BCUT2D eigenvalue weighted by Gasteiger charge is 2.33. The molecule has 4 rings (SSSR count). The first kappa shape index (κ1) is 17.5. The van der Waals surface area contributed by atoms with E-state index in [1.165, 1.54) is 7.11 Å². The Morgan fingerprint density at radius 2 is 2.00 bits per heavy atom. The number of methoxy groups -OCH3 is 1. The molecule has 0 N–H and O–H groups in total. The monoisotopic (exact) mass is 362 g/mol. The van der Waals surface area contributed by atoms with Crippen LogP contribution in [0.2, 0.25) is 0 Å². The summed E-state index contributed by atoms with van der Waals surface area (Å²) in [6.07, 6.45) is 3.60. The van der Waals surface area contributed by atoms with Gasteiger partial charge in [0.2, 0.25) is 0 Å². The molecule has 1 aromatic rings. The van der Waals surface area contributed by atoms with E-state index in [2.05, 4.69) is 10.00 Å². The summed E-state index contributed by atoms with van der Waals surface area (Å²) in [6.45, 7) is 4.79. The molecular weight excluding hydrogens is 336 g/mol. The first-order valence-electron chi connectivity index (χ1n) is 9.45. The highest BCUT2D eigenvalue weighted by Crippen LogP contribution is 2.24. The summed E-state index contributed by atoms with van der Waals surface area (Å²) in [6, 6.07) is 2.29. The number of fused-ring (bicyclic) bond motifs is 1. The number of carbonyl (C=O) groups excluding carboxylic acids is 2. The zero-order chi connectivity index (χ0) is 18.1. The predicted octanol–water partition coefficient (Wildman–Crippen LogP) is 0.655. The van der Waals surface area contributed by atoms with Crippen molar-refractivity contribution in [3.63, 3.8) is 0 Å². The molecule has 4 heterocycles. The third-order valence-corrected chi connectivity index (χ3v) is 5.72. The number of hydrogen-bond acceptors (Lipinski definition) is 6. The minimum absolute atomic E-state index is 0.167. The molecule has 1 amide bonds. The van der Waals surface area contributed by atoms with Crippen LogP contribution in [0.1, 0.15) is 41.9 Å². The van der Waals surface area contributed by atoms with E-state index in [1.807, 2.05) is 15.6 Å². The molecule has 8 heteroatoms. The number of ether oxygens (including phenoxy) is 2. The second kappa shape index (κ2) is 7.36. The third kappa shape index (κ3) is 3.35. The van der Waals surface area contributed by atoms with Crippen LogP contribution in [-0.2, 0) is 27.4 Å². The van der Waals surface area contributed by atoms with E-state index in [0.717, 1.165) is 64.1 Å². The first-order valence-corrected chi connectivity index (χ1v) is 9.45. The van der Waals surface area contributed by atoms with E-state index < -0.39 is 0 Å². The van der Waals surface area contributed by atoms with Crippen LogP contribution in [0.15, 0.2) is 6.07 Å². The van der Waals surface area contributed by atoms with Gasteiger partial charge in [0.05, 0.1) is 19.3 Å². The number of likely N-dealkylation sites (tertiary alicyclic amines) is 1. The van der Waals surface area contributed by atoms with Crippen LogP contribution in [0, 0.1) is 0 Å². The van der Waals surface area contributed by atoms with Crippen molar-refractivity contribution in [3.05, 3.63) is 17.5 Å². The molecule has 0 radical (unpaired) electrons. The number of amides is 1. The van der Waals surface area contributed by atoms with Gasteiger partial charge in [0, 0.05) is 38.8 Å². The standard InChI is InChI=1S/C18H26N4O4/c1-25-18(24)15-11-14-12-21(8-9-22(14)19-15)13-4-6-20(7-5-13)17(23)16-3-2-10-26-16/h11,13,16H,2-10,12H2,1H3/t16-/m1/s1. The van der Waals surface area contributed by atoms with Crippen LogP contribution in [0.25, 0.3) is 0 Å². The molecule has 8 nitrogen and oxygen atoms in total. The third-order valence-electron chi connectivity index (χ3n) is 5.72. The van der Waals surface area contributed by atoms with E-state index in [9.17, 15) is 9.59 Å². The Morgan fingerprint density at radius 1 is 1.19 bits per heavy atom. The van der Waals surface area contributed by atoms with Crippen molar-refractivity contribution >= 4 is 11.9 Å². The van der Waals surface area contributed by atoms with Gasteiger partial charge in [-0.25, -0.2) is 4.79 Å². The van der Waals surface area contributed by atoms with Crippen LogP contribution >= 0.6 is 0 Å². The number of rotatable bonds is 3. The molecule has 1 atom stereocenters. The Morgan fingerprint density at radius 3 is 2.69 bits per heavy atom. The fourth-order valence-corrected chi connectivity index (χ4v) is 4.23. The molecule has 2 saturated heterocycles. The Balaban J connectivity index is 1.33. The molecular formula is C18H26N4O4. The number of nitrogens with zero attached hydrogens (tertiary/aromatic N) is 4. The smallest absolute Gasteiger partial charge is 0.358 e. The molecule has 0 bridgehead atoms. The topological polar surface area (TPSA) is 76.9 Å². The van der Waals surface area contributed by atoms with Gasteiger partial charge in [-0.3, -0.25) is 14.4 Å². The van der Waals surface area contributed by atoms with Gasteiger partial charge in [0.1, 0.15) is 6.10 Å². The molecule has 0 saturated carbocycles. The lowest BCUT2D eigenvalue weighted by atomic mass is 10.0. The zero-order valence-electron chi connectivity index (χ0n) is 15.2. The second-order valence-corrected chi connectivity index (χ2v) is 7.26. The fourth-order valence-electron chi connectivity index (χ4n) is 4.23. The van der Waals surface area contributed by atoms with E-state index in [1.54, 1.807) is 0 Å². The van der Waals surface area contributed by atoms with Crippen molar-refractivity contribution < 1.29 is 19.1 Å². The molecule has 26 heavy (non-hydrogen) atoms. The Bertz CT molecular complexity index is 675. The van der Waals surface area contributed by atoms with Crippen LogP contribution in [0.4, 0.5) is 0 Å². The zero-order valence-corrected chi connectivity index (χ0v) is 15.2. The van der Waals surface area contributed by atoms with Gasteiger partial charge >= 0.3 is 5.97 Å². The van der Waals surface area contributed by atoms with Crippen LogP contribution in [0.3, 0.4) is 0 Å². The predicted molar refractivity (Wildman–Crippen MR) is 92.6 cm³/mol. The summed E-state index contributed by atoms with van der Waals surface area (Å²) in [5, 5.41) is 4.33.